The Morgan fingerprint density at radius 1 is 1.47 bits per heavy atom. The standard InChI is InChI=1S/C12H13FN2OS/c1-12(16,9-5-6-17-7-9)8-14-11-4-2-3-10(13)15-11/h2-7,16H,8H2,1H3,(H,14,15)/t12-/m0/s1. The quantitative estimate of drug-likeness (QED) is 0.822. The minimum absolute atomic E-state index is 0.278. The lowest BCUT2D eigenvalue weighted by molar-refractivity contribution is 0.0719. The van der Waals surface area contributed by atoms with Gasteiger partial charge in [-0.25, -0.2) is 4.98 Å². The van der Waals surface area contributed by atoms with Crippen molar-refractivity contribution in [1.29, 1.82) is 0 Å². The highest BCUT2D eigenvalue weighted by molar-refractivity contribution is 7.08. The molecule has 2 aromatic rings. The lowest BCUT2D eigenvalue weighted by Gasteiger charge is -2.23. The number of rotatable bonds is 4. The van der Waals surface area contributed by atoms with E-state index in [0.29, 0.717) is 5.82 Å². The number of halogens is 1. The van der Waals surface area contributed by atoms with Gasteiger partial charge in [0.2, 0.25) is 5.95 Å². The minimum Gasteiger partial charge on any atom is -0.384 e. The number of hydrogen-bond acceptors (Lipinski definition) is 4. The predicted molar refractivity (Wildman–Crippen MR) is 66.6 cm³/mol. The van der Waals surface area contributed by atoms with Gasteiger partial charge in [0.15, 0.2) is 0 Å². The van der Waals surface area contributed by atoms with Gasteiger partial charge in [-0.05, 0) is 41.4 Å². The van der Waals surface area contributed by atoms with Crippen molar-refractivity contribution in [3.8, 4) is 0 Å². The summed E-state index contributed by atoms with van der Waals surface area (Å²) in [4.78, 5) is 3.67. The molecule has 90 valence electrons. The first kappa shape index (κ1) is 12.0. The molecule has 0 amide bonds. The average Bonchev–Trinajstić information content (AvgIpc) is 2.81. The first-order chi connectivity index (χ1) is 8.08. The fourth-order valence-corrected chi connectivity index (χ4v) is 2.23. The lowest BCUT2D eigenvalue weighted by Crippen LogP contribution is -2.30. The van der Waals surface area contributed by atoms with Crippen LogP contribution < -0.4 is 5.32 Å². The van der Waals surface area contributed by atoms with Crippen LogP contribution in [0, 0.1) is 5.95 Å². The van der Waals surface area contributed by atoms with Crippen LogP contribution in [0.2, 0.25) is 0 Å². The summed E-state index contributed by atoms with van der Waals surface area (Å²) in [5.41, 5.74) is -0.153. The fraction of sp³-hybridized carbons (Fsp3) is 0.250. The van der Waals surface area contributed by atoms with Gasteiger partial charge in [0.1, 0.15) is 11.4 Å². The molecule has 3 nitrogen and oxygen atoms in total. The monoisotopic (exact) mass is 252 g/mol. The summed E-state index contributed by atoms with van der Waals surface area (Å²) in [6.07, 6.45) is 0. The Kier molecular flexibility index (Phi) is 3.40. The maximum absolute atomic E-state index is 12.8. The molecule has 0 saturated carbocycles. The second kappa shape index (κ2) is 4.81. The molecule has 2 heterocycles. The van der Waals surface area contributed by atoms with E-state index in [1.807, 2.05) is 16.8 Å². The van der Waals surface area contributed by atoms with Gasteiger partial charge >= 0.3 is 0 Å². The van der Waals surface area contributed by atoms with E-state index >= 15 is 0 Å². The molecule has 0 bridgehead atoms. The molecule has 0 radical (unpaired) electrons. The van der Waals surface area contributed by atoms with Crippen LogP contribution in [0.1, 0.15) is 12.5 Å². The van der Waals surface area contributed by atoms with Gasteiger partial charge in [-0.1, -0.05) is 6.07 Å². The summed E-state index contributed by atoms with van der Waals surface area (Å²) in [5, 5.41) is 16.9. The summed E-state index contributed by atoms with van der Waals surface area (Å²) in [7, 11) is 0. The number of nitrogens with one attached hydrogen (secondary N) is 1. The Labute approximate surface area is 103 Å². The van der Waals surface area contributed by atoms with E-state index in [4.69, 9.17) is 0 Å². The van der Waals surface area contributed by atoms with Crippen LogP contribution >= 0.6 is 11.3 Å². The normalized spacial score (nSPS) is 14.3. The maximum atomic E-state index is 12.8. The summed E-state index contributed by atoms with van der Waals surface area (Å²) >= 11 is 1.53. The molecular weight excluding hydrogens is 239 g/mol. The second-order valence-corrected chi connectivity index (χ2v) is 4.77. The molecule has 2 N–H and O–H groups in total. The van der Waals surface area contributed by atoms with Crippen LogP contribution in [0.3, 0.4) is 0 Å². The lowest BCUT2D eigenvalue weighted by atomic mass is 9.99. The van der Waals surface area contributed by atoms with Gasteiger partial charge < -0.3 is 10.4 Å². The number of thiophene rings is 1. The number of hydrogen-bond donors (Lipinski definition) is 2. The molecule has 0 unspecified atom stereocenters. The maximum Gasteiger partial charge on any atom is 0.214 e. The molecule has 0 aromatic carbocycles. The highest BCUT2D eigenvalue weighted by Gasteiger charge is 2.23. The van der Waals surface area contributed by atoms with Crippen molar-refractivity contribution >= 4 is 17.2 Å². The van der Waals surface area contributed by atoms with Crippen LogP contribution in [0.25, 0.3) is 0 Å². The van der Waals surface area contributed by atoms with Gasteiger partial charge in [-0.15, -0.1) is 0 Å². The molecular formula is C12H13FN2OS. The summed E-state index contributed by atoms with van der Waals surface area (Å²) < 4.78 is 12.8. The molecule has 0 saturated heterocycles. The van der Waals surface area contributed by atoms with Gasteiger partial charge in [-0.3, -0.25) is 0 Å². The predicted octanol–water partition coefficient (Wildman–Crippen LogP) is 2.60. The highest BCUT2D eigenvalue weighted by atomic mass is 32.1. The number of nitrogens with zero attached hydrogens (tertiary/aromatic N) is 1. The molecule has 1 atom stereocenters. The molecule has 0 aliphatic carbocycles. The van der Waals surface area contributed by atoms with Gasteiger partial charge in [0, 0.05) is 6.54 Å². The topological polar surface area (TPSA) is 45.1 Å². The van der Waals surface area contributed by atoms with Crippen molar-refractivity contribution in [3.05, 3.63) is 46.5 Å². The number of aromatic nitrogens is 1. The summed E-state index contributed by atoms with van der Waals surface area (Å²) in [6.45, 7) is 1.99. The molecule has 0 fully saturated rings. The van der Waals surface area contributed by atoms with E-state index in [0.717, 1.165) is 5.56 Å². The third-order valence-corrected chi connectivity index (χ3v) is 3.16. The summed E-state index contributed by atoms with van der Waals surface area (Å²) in [6, 6.07) is 6.38. The third-order valence-electron chi connectivity index (χ3n) is 2.47. The number of aliphatic hydroxyl groups is 1. The van der Waals surface area contributed by atoms with Crippen LogP contribution in [-0.4, -0.2) is 16.6 Å². The van der Waals surface area contributed by atoms with Gasteiger partial charge in [-0.2, -0.15) is 15.7 Å². The zero-order valence-corrected chi connectivity index (χ0v) is 10.2. The number of anilines is 1. The van der Waals surface area contributed by atoms with Gasteiger partial charge in [0.25, 0.3) is 0 Å². The van der Waals surface area contributed by atoms with Crippen molar-refractivity contribution in [2.75, 3.05) is 11.9 Å². The van der Waals surface area contributed by atoms with Crippen LogP contribution in [0.5, 0.6) is 0 Å². The van der Waals surface area contributed by atoms with E-state index in [1.165, 1.54) is 17.4 Å². The zero-order valence-electron chi connectivity index (χ0n) is 9.35. The van der Waals surface area contributed by atoms with Crippen LogP contribution in [0.4, 0.5) is 10.2 Å². The van der Waals surface area contributed by atoms with E-state index in [-0.39, 0.29) is 6.54 Å². The Morgan fingerprint density at radius 2 is 2.29 bits per heavy atom. The fourth-order valence-electron chi connectivity index (χ4n) is 1.44. The largest absolute Gasteiger partial charge is 0.384 e. The molecule has 2 aromatic heterocycles. The molecule has 2 rings (SSSR count). The first-order valence-corrected chi connectivity index (χ1v) is 6.14. The zero-order chi connectivity index (χ0) is 12.3. The Morgan fingerprint density at radius 3 is 2.94 bits per heavy atom. The highest BCUT2D eigenvalue weighted by Crippen LogP contribution is 2.23. The van der Waals surface area contributed by atoms with Crippen LogP contribution in [0.15, 0.2) is 35.0 Å². The van der Waals surface area contributed by atoms with E-state index in [1.54, 1.807) is 19.1 Å². The van der Waals surface area contributed by atoms with E-state index in [9.17, 15) is 9.50 Å². The Bertz CT molecular complexity index is 485. The Hall–Kier alpha value is -1.46. The second-order valence-electron chi connectivity index (χ2n) is 3.98. The average molecular weight is 252 g/mol. The van der Waals surface area contributed by atoms with E-state index < -0.39 is 11.5 Å². The van der Waals surface area contributed by atoms with Crippen molar-refractivity contribution in [3.63, 3.8) is 0 Å². The molecule has 0 aliphatic rings. The molecule has 17 heavy (non-hydrogen) atoms. The number of pyridine rings is 1. The first-order valence-electron chi connectivity index (χ1n) is 5.19. The Balaban J connectivity index is 2.03. The molecule has 0 aliphatic heterocycles. The smallest absolute Gasteiger partial charge is 0.214 e. The third kappa shape index (κ3) is 3.01. The van der Waals surface area contributed by atoms with Crippen molar-refractivity contribution in [1.82, 2.24) is 4.98 Å². The minimum atomic E-state index is -0.992. The van der Waals surface area contributed by atoms with Crippen molar-refractivity contribution in [2.24, 2.45) is 0 Å². The molecule has 5 heteroatoms. The summed E-state index contributed by atoms with van der Waals surface area (Å²) in [5.74, 6) is -0.120. The van der Waals surface area contributed by atoms with E-state index in [2.05, 4.69) is 10.3 Å². The molecule has 0 spiro atoms. The SMILES string of the molecule is C[C@](O)(CNc1cccc(F)n1)c1ccsc1. The van der Waals surface area contributed by atoms with Crippen LogP contribution in [-0.2, 0) is 5.60 Å². The van der Waals surface area contributed by atoms with Crippen molar-refractivity contribution in [2.45, 2.75) is 12.5 Å². The van der Waals surface area contributed by atoms with Gasteiger partial charge in [0.05, 0.1) is 0 Å². The van der Waals surface area contributed by atoms with Crippen molar-refractivity contribution < 1.29 is 9.50 Å².